The summed E-state index contributed by atoms with van der Waals surface area (Å²) in [5, 5.41) is 3.26. The number of carbonyl (C=O) groups is 1. The van der Waals surface area contributed by atoms with Gasteiger partial charge in [-0.1, -0.05) is 48.0 Å². The number of anilines is 1. The summed E-state index contributed by atoms with van der Waals surface area (Å²) in [6, 6.07) is 18.8. The molecule has 4 heteroatoms. The second-order valence-corrected chi connectivity index (χ2v) is 6.29. The Bertz CT molecular complexity index is 646. The largest absolute Gasteiger partial charge is 0.368 e. The van der Waals surface area contributed by atoms with Crippen molar-refractivity contribution in [2.45, 2.75) is 13.5 Å². The van der Waals surface area contributed by atoms with Crippen LogP contribution in [0, 0.1) is 6.92 Å². The molecule has 0 radical (unpaired) electrons. The van der Waals surface area contributed by atoms with Crippen LogP contribution in [0.1, 0.15) is 11.1 Å². The molecular weight excluding hydrogens is 298 g/mol. The Labute approximate surface area is 144 Å². The van der Waals surface area contributed by atoms with E-state index in [2.05, 4.69) is 65.7 Å². The molecule has 1 heterocycles. The highest BCUT2D eigenvalue weighted by Crippen LogP contribution is 2.15. The Kier molecular flexibility index (Phi) is 5.49. The molecule has 0 atom stereocenters. The Morgan fingerprint density at radius 3 is 2.29 bits per heavy atom. The number of nitrogens with one attached hydrogen (secondary N) is 1. The standard InChI is InChI=1S/C20H25N3O/c1-17-7-9-18(10-8-17)15-21-16-20(24)23-13-11-22(12-14-23)19-5-3-2-4-6-19/h2-10,21H,11-16H2,1H3. The van der Waals surface area contributed by atoms with Crippen molar-refractivity contribution in [3.05, 3.63) is 65.7 Å². The first-order chi connectivity index (χ1) is 11.7. The SMILES string of the molecule is Cc1ccc(CNCC(=O)N2CCN(c3ccccc3)CC2)cc1. The van der Waals surface area contributed by atoms with Crippen LogP contribution in [0.3, 0.4) is 0 Å². The van der Waals surface area contributed by atoms with Gasteiger partial charge in [0.1, 0.15) is 0 Å². The van der Waals surface area contributed by atoms with Gasteiger partial charge in [0.15, 0.2) is 0 Å². The van der Waals surface area contributed by atoms with Crippen molar-refractivity contribution in [1.82, 2.24) is 10.2 Å². The van der Waals surface area contributed by atoms with E-state index in [1.54, 1.807) is 0 Å². The maximum absolute atomic E-state index is 12.3. The number of nitrogens with zero attached hydrogens (tertiary/aromatic N) is 2. The highest BCUT2D eigenvalue weighted by Gasteiger charge is 2.20. The summed E-state index contributed by atoms with van der Waals surface area (Å²) in [5.74, 6) is 0.190. The van der Waals surface area contributed by atoms with Crippen molar-refractivity contribution in [3.8, 4) is 0 Å². The van der Waals surface area contributed by atoms with E-state index in [9.17, 15) is 4.79 Å². The van der Waals surface area contributed by atoms with Crippen LogP contribution in [-0.2, 0) is 11.3 Å². The molecule has 2 aromatic carbocycles. The number of para-hydroxylation sites is 1. The van der Waals surface area contributed by atoms with E-state index >= 15 is 0 Å². The molecule has 1 N–H and O–H groups in total. The number of rotatable bonds is 5. The van der Waals surface area contributed by atoms with Crippen LogP contribution in [-0.4, -0.2) is 43.5 Å². The first-order valence-electron chi connectivity index (χ1n) is 8.56. The quantitative estimate of drug-likeness (QED) is 0.918. The first-order valence-corrected chi connectivity index (χ1v) is 8.56. The van der Waals surface area contributed by atoms with Gasteiger partial charge in [-0.3, -0.25) is 4.79 Å². The predicted molar refractivity (Wildman–Crippen MR) is 98.1 cm³/mol. The molecule has 0 bridgehead atoms. The van der Waals surface area contributed by atoms with E-state index in [1.807, 2.05) is 11.0 Å². The van der Waals surface area contributed by atoms with Crippen LogP contribution in [0.2, 0.25) is 0 Å². The minimum absolute atomic E-state index is 0.190. The number of benzene rings is 2. The van der Waals surface area contributed by atoms with Crippen molar-refractivity contribution in [2.75, 3.05) is 37.6 Å². The van der Waals surface area contributed by atoms with Crippen LogP contribution in [0.5, 0.6) is 0 Å². The van der Waals surface area contributed by atoms with E-state index in [0.29, 0.717) is 6.54 Å². The third-order valence-corrected chi connectivity index (χ3v) is 4.48. The van der Waals surface area contributed by atoms with Gasteiger partial charge in [-0.05, 0) is 24.6 Å². The molecule has 1 aliphatic heterocycles. The Morgan fingerprint density at radius 1 is 0.958 bits per heavy atom. The molecule has 0 unspecified atom stereocenters. The topological polar surface area (TPSA) is 35.6 Å². The molecule has 126 valence electrons. The second kappa shape index (κ2) is 7.97. The second-order valence-electron chi connectivity index (χ2n) is 6.29. The normalized spacial score (nSPS) is 14.7. The fourth-order valence-electron chi connectivity index (χ4n) is 2.98. The number of hydrogen-bond acceptors (Lipinski definition) is 3. The van der Waals surface area contributed by atoms with Crippen LogP contribution >= 0.6 is 0 Å². The van der Waals surface area contributed by atoms with Crippen molar-refractivity contribution in [3.63, 3.8) is 0 Å². The summed E-state index contributed by atoms with van der Waals surface area (Å²) < 4.78 is 0. The molecule has 1 aliphatic rings. The molecule has 0 aliphatic carbocycles. The first kappa shape index (κ1) is 16.5. The van der Waals surface area contributed by atoms with Gasteiger partial charge in [-0.25, -0.2) is 0 Å². The number of carbonyl (C=O) groups excluding carboxylic acids is 1. The zero-order valence-corrected chi connectivity index (χ0v) is 14.2. The maximum Gasteiger partial charge on any atom is 0.236 e. The van der Waals surface area contributed by atoms with E-state index < -0.39 is 0 Å². The minimum Gasteiger partial charge on any atom is -0.368 e. The monoisotopic (exact) mass is 323 g/mol. The Balaban J connectivity index is 1.41. The zero-order chi connectivity index (χ0) is 16.8. The maximum atomic E-state index is 12.3. The van der Waals surface area contributed by atoms with E-state index in [-0.39, 0.29) is 5.91 Å². The Morgan fingerprint density at radius 2 is 1.62 bits per heavy atom. The molecule has 2 aromatic rings. The molecule has 3 rings (SSSR count). The molecule has 0 spiro atoms. The number of aryl methyl sites for hydroxylation is 1. The van der Waals surface area contributed by atoms with Crippen LogP contribution in [0.15, 0.2) is 54.6 Å². The average Bonchev–Trinajstić information content (AvgIpc) is 2.64. The van der Waals surface area contributed by atoms with E-state index in [1.165, 1.54) is 16.8 Å². The molecule has 1 saturated heterocycles. The highest BCUT2D eigenvalue weighted by molar-refractivity contribution is 5.78. The summed E-state index contributed by atoms with van der Waals surface area (Å²) in [6.07, 6.45) is 0. The molecular formula is C20H25N3O. The molecule has 1 fully saturated rings. The van der Waals surface area contributed by atoms with Gasteiger partial charge in [0, 0.05) is 38.4 Å². The Hall–Kier alpha value is -2.33. The van der Waals surface area contributed by atoms with Gasteiger partial charge in [0.25, 0.3) is 0 Å². The smallest absolute Gasteiger partial charge is 0.236 e. The lowest BCUT2D eigenvalue weighted by molar-refractivity contribution is -0.130. The molecule has 4 nitrogen and oxygen atoms in total. The van der Waals surface area contributed by atoms with Gasteiger partial charge >= 0.3 is 0 Å². The zero-order valence-electron chi connectivity index (χ0n) is 14.2. The van der Waals surface area contributed by atoms with Crippen molar-refractivity contribution in [1.29, 1.82) is 0 Å². The van der Waals surface area contributed by atoms with Crippen molar-refractivity contribution in [2.24, 2.45) is 0 Å². The fourth-order valence-corrected chi connectivity index (χ4v) is 2.98. The lowest BCUT2D eigenvalue weighted by Crippen LogP contribution is -2.50. The van der Waals surface area contributed by atoms with Gasteiger partial charge in [0.05, 0.1) is 6.54 Å². The van der Waals surface area contributed by atoms with Gasteiger partial charge < -0.3 is 15.1 Å². The predicted octanol–water partition coefficient (Wildman–Crippen LogP) is 2.43. The summed E-state index contributed by atoms with van der Waals surface area (Å²) in [7, 11) is 0. The molecule has 0 aromatic heterocycles. The van der Waals surface area contributed by atoms with Gasteiger partial charge in [-0.15, -0.1) is 0 Å². The average molecular weight is 323 g/mol. The third kappa shape index (κ3) is 4.36. The summed E-state index contributed by atoms with van der Waals surface area (Å²) in [6.45, 7) is 6.59. The van der Waals surface area contributed by atoms with Crippen LogP contribution in [0.25, 0.3) is 0 Å². The molecule has 24 heavy (non-hydrogen) atoms. The van der Waals surface area contributed by atoms with Crippen LogP contribution < -0.4 is 10.2 Å². The number of piperazine rings is 1. The van der Waals surface area contributed by atoms with Crippen molar-refractivity contribution >= 4 is 11.6 Å². The van der Waals surface area contributed by atoms with Gasteiger partial charge in [0.2, 0.25) is 5.91 Å². The molecule has 1 amide bonds. The van der Waals surface area contributed by atoms with E-state index in [4.69, 9.17) is 0 Å². The fraction of sp³-hybridized carbons (Fsp3) is 0.350. The summed E-state index contributed by atoms with van der Waals surface area (Å²) in [4.78, 5) is 16.6. The number of amides is 1. The van der Waals surface area contributed by atoms with E-state index in [0.717, 1.165) is 32.7 Å². The number of hydrogen-bond donors (Lipinski definition) is 1. The third-order valence-electron chi connectivity index (χ3n) is 4.48. The van der Waals surface area contributed by atoms with Crippen molar-refractivity contribution < 1.29 is 4.79 Å². The van der Waals surface area contributed by atoms with Gasteiger partial charge in [-0.2, -0.15) is 0 Å². The summed E-state index contributed by atoms with van der Waals surface area (Å²) >= 11 is 0. The lowest BCUT2D eigenvalue weighted by Gasteiger charge is -2.36. The van der Waals surface area contributed by atoms with Crippen LogP contribution in [0.4, 0.5) is 5.69 Å². The minimum atomic E-state index is 0.190. The lowest BCUT2D eigenvalue weighted by atomic mass is 10.1. The molecule has 0 saturated carbocycles. The summed E-state index contributed by atoms with van der Waals surface area (Å²) in [5.41, 5.74) is 3.70. The highest BCUT2D eigenvalue weighted by atomic mass is 16.2.